The Labute approximate surface area is 126 Å². The van der Waals surface area contributed by atoms with Crippen LogP contribution in [0, 0.1) is 5.92 Å². The van der Waals surface area contributed by atoms with Crippen LogP contribution in [0.2, 0.25) is 0 Å². The van der Waals surface area contributed by atoms with Crippen molar-refractivity contribution in [1.29, 1.82) is 0 Å². The lowest BCUT2D eigenvalue weighted by Crippen LogP contribution is -2.38. The second kappa shape index (κ2) is 7.17. The highest BCUT2D eigenvalue weighted by atomic mass is 32.2. The lowest BCUT2D eigenvalue weighted by Gasteiger charge is -2.27. The molecule has 2 rings (SSSR count). The van der Waals surface area contributed by atoms with Gasteiger partial charge >= 0.3 is 0 Å². The fraction of sp³-hybridized carbons (Fsp3) is 0.714. The van der Waals surface area contributed by atoms with Gasteiger partial charge in [0.25, 0.3) is 0 Å². The molecule has 1 saturated carbocycles. The van der Waals surface area contributed by atoms with Crippen LogP contribution in [0.1, 0.15) is 46.0 Å². The lowest BCUT2D eigenvalue weighted by atomic mass is 9.88. The lowest BCUT2D eigenvalue weighted by molar-refractivity contribution is 0.327. The number of sulfonamides is 1. The van der Waals surface area contributed by atoms with Gasteiger partial charge in [0, 0.05) is 12.6 Å². The fourth-order valence-corrected chi connectivity index (χ4v) is 3.78. The van der Waals surface area contributed by atoms with E-state index in [1.807, 2.05) is 6.92 Å². The molecule has 1 heterocycles. The van der Waals surface area contributed by atoms with Gasteiger partial charge in [-0.1, -0.05) is 26.7 Å². The number of aromatic nitrogens is 2. The van der Waals surface area contributed by atoms with Crippen molar-refractivity contribution < 1.29 is 8.42 Å². The van der Waals surface area contributed by atoms with E-state index in [2.05, 4.69) is 26.9 Å². The maximum atomic E-state index is 12.3. The van der Waals surface area contributed by atoms with Crippen LogP contribution in [0.3, 0.4) is 0 Å². The van der Waals surface area contributed by atoms with Crippen LogP contribution < -0.4 is 10.0 Å². The van der Waals surface area contributed by atoms with Crippen LogP contribution in [0.4, 0.5) is 5.95 Å². The Hall–Kier alpha value is -1.21. The molecule has 7 heteroatoms. The Bertz CT molecular complexity index is 545. The standard InChI is InChI=1S/C14H24N4O2S/c1-3-7-15-14-16-9-13(10-17-14)21(19,20)18-12-6-4-5-11(2)8-12/h9-12,18H,3-8H2,1-2H3,(H,15,16,17). The minimum Gasteiger partial charge on any atom is -0.354 e. The first-order chi connectivity index (χ1) is 10.0. The minimum absolute atomic E-state index is 0.0247. The van der Waals surface area contributed by atoms with E-state index < -0.39 is 10.0 Å². The summed E-state index contributed by atoms with van der Waals surface area (Å²) < 4.78 is 27.4. The van der Waals surface area contributed by atoms with E-state index in [1.54, 1.807) is 0 Å². The van der Waals surface area contributed by atoms with Gasteiger partial charge in [-0.15, -0.1) is 0 Å². The predicted octanol–water partition coefficient (Wildman–Crippen LogP) is 2.16. The Morgan fingerprint density at radius 1 is 1.29 bits per heavy atom. The molecule has 0 aliphatic heterocycles. The molecule has 118 valence electrons. The first-order valence-corrected chi connectivity index (χ1v) is 9.08. The van der Waals surface area contributed by atoms with Crippen LogP contribution in [0.15, 0.2) is 17.3 Å². The summed E-state index contributed by atoms with van der Waals surface area (Å²) >= 11 is 0. The molecule has 0 amide bonds. The highest BCUT2D eigenvalue weighted by Crippen LogP contribution is 2.24. The number of nitrogens with one attached hydrogen (secondary N) is 2. The third-order valence-electron chi connectivity index (χ3n) is 3.73. The molecule has 1 aliphatic carbocycles. The summed E-state index contributed by atoms with van der Waals surface area (Å²) in [6, 6.07) is 0.0247. The van der Waals surface area contributed by atoms with Crippen LogP contribution in [0.5, 0.6) is 0 Å². The largest absolute Gasteiger partial charge is 0.354 e. The molecule has 0 radical (unpaired) electrons. The number of rotatable bonds is 6. The topological polar surface area (TPSA) is 84.0 Å². The molecule has 2 unspecified atom stereocenters. The maximum absolute atomic E-state index is 12.3. The Balaban J connectivity index is 2.01. The minimum atomic E-state index is -3.52. The van der Waals surface area contributed by atoms with Crippen molar-refractivity contribution in [3.05, 3.63) is 12.4 Å². The third kappa shape index (κ3) is 4.64. The summed E-state index contributed by atoms with van der Waals surface area (Å²) in [4.78, 5) is 8.23. The molecule has 0 spiro atoms. The van der Waals surface area contributed by atoms with Gasteiger partial charge in [-0.3, -0.25) is 0 Å². The zero-order valence-electron chi connectivity index (χ0n) is 12.7. The van der Waals surface area contributed by atoms with Gasteiger partial charge in [0.2, 0.25) is 16.0 Å². The fourth-order valence-electron chi connectivity index (χ4n) is 2.61. The van der Waals surface area contributed by atoms with Crippen LogP contribution in [0.25, 0.3) is 0 Å². The maximum Gasteiger partial charge on any atom is 0.243 e. The quantitative estimate of drug-likeness (QED) is 0.841. The van der Waals surface area contributed by atoms with E-state index in [-0.39, 0.29) is 10.9 Å². The van der Waals surface area contributed by atoms with E-state index in [9.17, 15) is 8.42 Å². The summed E-state index contributed by atoms with van der Waals surface area (Å²) in [6.07, 6.45) is 7.74. The number of hydrogen-bond acceptors (Lipinski definition) is 5. The first kappa shape index (κ1) is 16.2. The second-order valence-corrected chi connectivity index (χ2v) is 7.47. The molecule has 6 nitrogen and oxygen atoms in total. The molecule has 2 N–H and O–H groups in total. The van der Waals surface area contributed by atoms with E-state index >= 15 is 0 Å². The van der Waals surface area contributed by atoms with Crippen molar-refractivity contribution in [3.63, 3.8) is 0 Å². The zero-order valence-corrected chi connectivity index (χ0v) is 13.5. The Morgan fingerprint density at radius 2 is 2.00 bits per heavy atom. The van der Waals surface area contributed by atoms with Gasteiger partial charge < -0.3 is 5.32 Å². The molecule has 1 aliphatic rings. The molecule has 0 aromatic carbocycles. The summed E-state index contributed by atoms with van der Waals surface area (Å²) in [5.41, 5.74) is 0. The van der Waals surface area contributed by atoms with Crippen molar-refractivity contribution in [2.75, 3.05) is 11.9 Å². The Kier molecular flexibility index (Phi) is 5.52. The third-order valence-corrected chi connectivity index (χ3v) is 5.20. The highest BCUT2D eigenvalue weighted by Gasteiger charge is 2.25. The van der Waals surface area contributed by atoms with Gasteiger partial charge in [0.1, 0.15) is 4.90 Å². The number of hydrogen-bond donors (Lipinski definition) is 2. The van der Waals surface area contributed by atoms with Gasteiger partial charge in [-0.05, 0) is 25.2 Å². The molecule has 0 bridgehead atoms. The van der Waals surface area contributed by atoms with Gasteiger partial charge in [-0.2, -0.15) is 0 Å². The van der Waals surface area contributed by atoms with Crippen molar-refractivity contribution in [2.24, 2.45) is 5.92 Å². The van der Waals surface area contributed by atoms with Gasteiger partial charge in [0.15, 0.2) is 0 Å². The van der Waals surface area contributed by atoms with Crippen LogP contribution >= 0.6 is 0 Å². The molecular formula is C14H24N4O2S. The van der Waals surface area contributed by atoms with Crippen LogP contribution in [-0.2, 0) is 10.0 Å². The monoisotopic (exact) mass is 312 g/mol. The molecule has 1 fully saturated rings. The van der Waals surface area contributed by atoms with Crippen molar-refractivity contribution >= 4 is 16.0 Å². The summed E-state index contributed by atoms with van der Waals surface area (Å²) in [5, 5.41) is 3.02. The molecular weight excluding hydrogens is 288 g/mol. The normalized spacial score (nSPS) is 23.0. The molecule has 1 aromatic heterocycles. The smallest absolute Gasteiger partial charge is 0.243 e. The highest BCUT2D eigenvalue weighted by molar-refractivity contribution is 7.89. The van der Waals surface area contributed by atoms with Crippen LogP contribution in [-0.4, -0.2) is 31.0 Å². The summed E-state index contributed by atoms with van der Waals surface area (Å²) in [6.45, 7) is 4.98. The van der Waals surface area contributed by atoms with E-state index in [0.29, 0.717) is 11.9 Å². The number of nitrogens with zero attached hydrogens (tertiary/aromatic N) is 2. The average molecular weight is 312 g/mol. The van der Waals surface area contributed by atoms with Gasteiger partial charge in [-0.25, -0.2) is 23.1 Å². The SMILES string of the molecule is CCCNc1ncc(S(=O)(=O)NC2CCCC(C)C2)cn1. The zero-order chi connectivity index (χ0) is 15.3. The molecule has 21 heavy (non-hydrogen) atoms. The van der Waals surface area contributed by atoms with Crippen molar-refractivity contribution in [3.8, 4) is 0 Å². The predicted molar refractivity (Wildman–Crippen MR) is 82.6 cm³/mol. The number of anilines is 1. The van der Waals surface area contributed by atoms with Crippen molar-refractivity contribution in [1.82, 2.24) is 14.7 Å². The first-order valence-electron chi connectivity index (χ1n) is 7.59. The van der Waals surface area contributed by atoms with E-state index in [4.69, 9.17) is 0 Å². The molecule has 1 aromatic rings. The van der Waals surface area contributed by atoms with Crippen molar-refractivity contribution in [2.45, 2.75) is 56.9 Å². The Morgan fingerprint density at radius 3 is 2.62 bits per heavy atom. The van der Waals surface area contributed by atoms with E-state index in [0.717, 1.165) is 32.2 Å². The van der Waals surface area contributed by atoms with Gasteiger partial charge in [0.05, 0.1) is 12.4 Å². The summed E-state index contributed by atoms with van der Waals surface area (Å²) in [7, 11) is -3.52. The molecule has 2 atom stereocenters. The summed E-state index contributed by atoms with van der Waals surface area (Å²) in [5.74, 6) is 1.03. The van der Waals surface area contributed by atoms with E-state index in [1.165, 1.54) is 18.8 Å². The molecule has 0 saturated heterocycles. The second-order valence-electron chi connectivity index (χ2n) is 5.76. The average Bonchev–Trinajstić information content (AvgIpc) is 2.45.